The molecule has 0 fully saturated rings. The SMILES string of the molecule is CCCCCCC(C(=O)O)(c1ccccc1)N(C)C. The quantitative estimate of drug-likeness (QED) is 0.730. The lowest BCUT2D eigenvalue weighted by Gasteiger charge is -2.36. The molecular formula is C16H25NO2. The van der Waals surface area contributed by atoms with Gasteiger partial charge in [0, 0.05) is 0 Å². The second-order valence-electron chi connectivity index (χ2n) is 5.24. The second-order valence-corrected chi connectivity index (χ2v) is 5.24. The number of carboxylic acid groups (broad SMARTS) is 1. The van der Waals surface area contributed by atoms with Gasteiger partial charge in [0.1, 0.15) is 5.54 Å². The lowest BCUT2D eigenvalue weighted by Crippen LogP contribution is -2.48. The van der Waals surface area contributed by atoms with Crippen molar-refractivity contribution < 1.29 is 9.90 Å². The minimum atomic E-state index is -0.908. The van der Waals surface area contributed by atoms with E-state index in [0.717, 1.165) is 31.2 Å². The van der Waals surface area contributed by atoms with Crippen molar-refractivity contribution in [1.82, 2.24) is 4.90 Å². The minimum absolute atomic E-state index is 0.652. The summed E-state index contributed by atoms with van der Waals surface area (Å²) < 4.78 is 0. The van der Waals surface area contributed by atoms with Gasteiger partial charge in [-0.1, -0.05) is 62.9 Å². The Morgan fingerprint density at radius 1 is 1.16 bits per heavy atom. The molecule has 0 amide bonds. The molecule has 0 saturated carbocycles. The molecule has 3 heteroatoms. The Bertz CT molecular complexity index is 389. The van der Waals surface area contributed by atoms with E-state index in [9.17, 15) is 9.90 Å². The van der Waals surface area contributed by atoms with Crippen LogP contribution in [0.3, 0.4) is 0 Å². The first kappa shape index (κ1) is 15.7. The topological polar surface area (TPSA) is 40.5 Å². The molecule has 0 aliphatic rings. The highest BCUT2D eigenvalue weighted by Gasteiger charge is 2.41. The van der Waals surface area contributed by atoms with E-state index in [-0.39, 0.29) is 0 Å². The molecule has 0 aliphatic heterocycles. The number of likely N-dealkylation sites (N-methyl/N-ethyl adjacent to an activating group) is 1. The molecule has 0 radical (unpaired) electrons. The molecule has 1 unspecified atom stereocenters. The molecule has 0 aromatic heterocycles. The lowest BCUT2D eigenvalue weighted by atomic mass is 9.83. The number of benzene rings is 1. The fourth-order valence-electron chi connectivity index (χ4n) is 2.57. The van der Waals surface area contributed by atoms with Gasteiger partial charge < -0.3 is 5.11 Å². The highest BCUT2D eigenvalue weighted by molar-refractivity contribution is 5.80. The summed E-state index contributed by atoms with van der Waals surface area (Å²) in [4.78, 5) is 13.7. The van der Waals surface area contributed by atoms with Crippen LogP contribution in [0, 0.1) is 0 Å². The van der Waals surface area contributed by atoms with E-state index in [4.69, 9.17) is 0 Å². The number of rotatable bonds is 8. The minimum Gasteiger partial charge on any atom is -0.480 e. The summed E-state index contributed by atoms with van der Waals surface area (Å²) in [7, 11) is 3.70. The maximum atomic E-state index is 11.9. The molecule has 106 valence electrons. The Morgan fingerprint density at radius 2 is 1.79 bits per heavy atom. The van der Waals surface area contributed by atoms with Gasteiger partial charge >= 0.3 is 5.97 Å². The van der Waals surface area contributed by atoms with Crippen molar-refractivity contribution in [2.24, 2.45) is 0 Å². The summed E-state index contributed by atoms with van der Waals surface area (Å²) in [5.74, 6) is -0.764. The molecule has 0 heterocycles. The normalized spacial score (nSPS) is 14.3. The van der Waals surface area contributed by atoms with Crippen LogP contribution in [0.25, 0.3) is 0 Å². The number of hydrogen-bond donors (Lipinski definition) is 1. The van der Waals surface area contributed by atoms with Crippen molar-refractivity contribution in [3.63, 3.8) is 0 Å². The van der Waals surface area contributed by atoms with Gasteiger partial charge in [-0.25, -0.2) is 4.79 Å². The molecule has 0 aliphatic carbocycles. The molecule has 1 rings (SSSR count). The maximum Gasteiger partial charge on any atom is 0.328 e. The molecule has 1 aromatic rings. The highest BCUT2D eigenvalue weighted by Crippen LogP contribution is 2.32. The average Bonchev–Trinajstić information content (AvgIpc) is 2.39. The summed E-state index contributed by atoms with van der Waals surface area (Å²) >= 11 is 0. The van der Waals surface area contributed by atoms with E-state index in [1.807, 2.05) is 49.3 Å². The van der Waals surface area contributed by atoms with Crippen molar-refractivity contribution >= 4 is 5.97 Å². The number of carboxylic acids is 1. The van der Waals surface area contributed by atoms with Crippen molar-refractivity contribution in [1.29, 1.82) is 0 Å². The van der Waals surface area contributed by atoms with Crippen LogP contribution in [0.2, 0.25) is 0 Å². The predicted molar refractivity (Wildman–Crippen MR) is 78.2 cm³/mol. The van der Waals surface area contributed by atoms with Crippen LogP contribution in [0.4, 0.5) is 0 Å². The van der Waals surface area contributed by atoms with Gasteiger partial charge in [0.2, 0.25) is 0 Å². The van der Waals surface area contributed by atoms with Crippen LogP contribution < -0.4 is 0 Å². The largest absolute Gasteiger partial charge is 0.480 e. The number of aliphatic carboxylic acids is 1. The zero-order valence-corrected chi connectivity index (χ0v) is 12.2. The Labute approximate surface area is 116 Å². The van der Waals surface area contributed by atoms with Crippen LogP contribution in [0.1, 0.15) is 44.6 Å². The third-order valence-electron chi connectivity index (χ3n) is 3.76. The number of unbranched alkanes of at least 4 members (excludes halogenated alkanes) is 3. The Hall–Kier alpha value is -1.35. The average molecular weight is 263 g/mol. The Morgan fingerprint density at radius 3 is 2.26 bits per heavy atom. The summed E-state index contributed by atoms with van der Waals surface area (Å²) in [6, 6.07) is 9.55. The number of nitrogens with zero attached hydrogens (tertiary/aromatic N) is 1. The van der Waals surface area contributed by atoms with Crippen molar-refractivity contribution in [3.8, 4) is 0 Å². The first-order valence-corrected chi connectivity index (χ1v) is 7.02. The zero-order chi connectivity index (χ0) is 14.3. The van der Waals surface area contributed by atoms with Gasteiger partial charge in [-0.15, -0.1) is 0 Å². The summed E-state index contributed by atoms with van der Waals surface area (Å²) in [5.41, 5.74) is -0.0429. The summed E-state index contributed by atoms with van der Waals surface area (Å²) in [6.07, 6.45) is 5.00. The van der Waals surface area contributed by atoms with Gasteiger partial charge in [0.25, 0.3) is 0 Å². The third kappa shape index (κ3) is 3.57. The van der Waals surface area contributed by atoms with Crippen LogP contribution in [0.5, 0.6) is 0 Å². The van der Waals surface area contributed by atoms with E-state index in [1.54, 1.807) is 0 Å². The van der Waals surface area contributed by atoms with Gasteiger partial charge in [0.15, 0.2) is 0 Å². The molecule has 0 saturated heterocycles. The van der Waals surface area contributed by atoms with Gasteiger partial charge in [-0.2, -0.15) is 0 Å². The van der Waals surface area contributed by atoms with Crippen molar-refractivity contribution in [3.05, 3.63) is 35.9 Å². The van der Waals surface area contributed by atoms with Gasteiger partial charge in [-0.3, -0.25) is 4.90 Å². The number of carbonyl (C=O) groups is 1. The van der Waals surface area contributed by atoms with Crippen molar-refractivity contribution in [2.45, 2.75) is 44.6 Å². The van der Waals surface area contributed by atoms with E-state index in [0.29, 0.717) is 6.42 Å². The monoisotopic (exact) mass is 263 g/mol. The number of hydrogen-bond acceptors (Lipinski definition) is 2. The fraction of sp³-hybridized carbons (Fsp3) is 0.562. The third-order valence-corrected chi connectivity index (χ3v) is 3.76. The zero-order valence-electron chi connectivity index (χ0n) is 12.2. The molecule has 3 nitrogen and oxygen atoms in total. The first-order valence-electron chi connectivity index (χ1n) is 7.02. The highest BCUT2D eigenvalue weighted by atomic mass is 16.4. The van der Waals surface area contributed by atoms with Crippen molar-refractivity contribution in [2.75, 3.05) is 14.1 Å². The molecule has 0 spiro atoms. The lowest BCUT2D eigenvalue weighted by molar-refractivity contribution is -0.151. The van der Waals surface area contributed by atoms with Crippen LogP contribution in [0.15, 0.2) is 30.3 Å². The van der Waals surface area contributed by atoms with E-state index < -0.39 is 11.5 Å². The summed E-state index contributed by atoms with van der Waals surface area (Å²) in [5, 5.41) is 9.76. The first-order chi connectivity index (χ1) is 9.05. The van der Waals surface area contributed by atoms with Gasteiger partial charge in [0.05, 0.1) is 0 Å². The fourth-order valence-corrected chi connectivity index (χ4v) is 2.57. The standard InChI is InChI=1S/C16H25NO2/c1-4-5-6-10-13-16(15(18)19,17(2)3)14-11-8-7-9-12-14/h7-9,11-12H,4-6,10,13H2,1-3H3,(H,18,19). The maximum absolute atomic E-state index is 11.9. The molecule has 19 heavy (non-hydrogen) atoms. The van der Waals surface area contributed by atoms with Gasteiger partial charge in [-0.05, 0) is 26.1 Å². The second kappa shape index (κ2) is 7.29. The van der Waals surface area contributed by atoms with E-state index in [1.165, 1.54) is 0 Å². The predicted octanol–water partition coefficient (Wildman–Crippen LogP) is 3.50. The van der Waals surface area contributed by atoms with E-state index >= 15 is 0 Å². The Kier molecular flexibility index (Phi) is 6.03. The molecule has 0 bridgehead atoms. The molecule has 1 atom stereocenters. The smallest absolute Gasteiger partial charge is 0.328 e. The molecule has 1 N–H and O–H groups in total. The Balaban J connectivity index is 2.99. The molecular weight excluding hydrogens is 238 g/mol. The van der Waals surface area contributed by atoms with Crippen LogP contribution in [-0.2, 0) is 10.3 Å². The van der Waals surface area contributed by atoms with Crippen LogP contribution in [-0.4, -0.2) is 30.1 Å². The van der Waals surface area contributed by atoms with E-state index in [2.05, 4.69) is 6.92 Å². The van der Waals surface area contributed by atoms with Crippen LogP contribution >= 0.6 is 0 Å². The molecule has 1 aromatic carbocycles. The summed E-state index contributed by atoms with van der Waals surface area (Å²) in [6.45, 7) is 2.16.